The Balaban J connectivity index is 2.14. The van der Waals surface area contributed by atoms with Gasteiger partial charge in [-0.1, -0.05) is 38.5 Å². The van der Waals surface area contributed by atoms with Crippen LogP contribution >= 0.6 is 0 Å². The van der Waals surface area contributed by atoms with Gasteiger partial charge in [-0.2, -0.15) is 0 Å². The van der Waals surface area contributed by atoms with Gasteiger partial charge in [-0.05, 0) is 63.1 Å². The zero-order valence-electron chi connectivity index (χ0n) is 14.5. The van der Waals surface area contributed by atoms with Crippen LogP contribution in [0.5, 0.6) is 5.75 Å². The highest BCUT2D eigenvalue weighted by atomic mass is 16.5. The monoisotopic (exact) mass is 289 g/mol. The normalized spacial score (nSPS) is 26.7. The topological polar surface area (TPSA) is 21.3 Å². The first kappa shape index (κ1) is 16.4. The quantitative estimate of drug-likeness (QED) is 0.885. The van der Waals surface area contributed by atoms with Crippen LogP contribution in [0.3, 0.4) is 0 Å². The number of hydrogen-bond acceptors (Lipinski definition) is 2. The molecule has 0 bridgehead atoms. The maximum Gasteiger partial charge on any atom is 0.122 e. The molecular formula is C19H31NO. The van der Waals surface area contributed by atoms with Crippen LogP contribution in [0, 0.1) is 25.2 Å². The summed E-state index contributed by atoms with van der Waals surface area (Å²) in [4.78, 5) is 0. The highest BCUT2D eigenvalue weighted by molar-refractivity contribution is 5.36. The fourth-order valence-electron chi connectivity index (χ4n) is 3.47. The van der Waals surface area contributed by atoms with Crippen molar-refractivity contribution in [3.63, 3.8) is 0 Å². The summed E-state index contributed by atoms with van der Waals surface area (Å²) in [6.07, 6.45) is 3.91. The van der Waals surface area contributed by atoms with Crippen LogP contribution in [-0.2, 0) is 0 Å². The summed E-state index contributed by atoms with van der Waals surface area (Å²) in [7, 11) is 2.06. The van der Waals surface area contributed by atoms with Gasteiger partial charge in [0.1, 0.15) is 11.9 Å². The standard InChI is InChI=1S/C19H31NO/c1-13-7-10-17(14(2)11-13)21-18-12-15(19(3,4)5)8-9-16(18)20-6/h7,10-11,15-16,18,20H,8-9,12H2,1-6H3. The molecule has 1 aliphatic rings. The molecule has 0 spiro atoms. The summed E-state index contributed by atoms with van der Waals surface area (Å²) in [5.41, 5.74) is 2.90. The van der Waals surface area contributed by atoms with Crippen molar-refractivity contribution < 1.29 is 4.74 Å². The molecule has 0 radical (unpaired) electrons. The van der Waals surface area contributed by atoms with Crippen molar-refractivity contribution in [2.75, 3.05) is 7.05 Å². The highest BCUT2D eigenvalue weighted by Gasteiger charge is 2.36. The van der Waals surface area contributed by atoms with Crippen molar-refractivity contribution >= 4 is 0 Å². The Morgan fingerprint density at radius 1 is 1.14 bits per heavy atom. The van der Waals surface area contributed by atoms with Crippen molar-refractivity contribution in [3.05, 3.63) is 29.3 Å². The van der Waals surface area contributed by atoms with Gasteiger partial charge in [-0.3, -0.25) is 0 Å². The van der Waals surface area contributed by atoms with Crippen molar-refractivity contribution in [3.8, 4) is 5.75 Å². The second-order valence-electron chi connectivity index (χ2n) is 7.70. The second kappa shape index (κ2) is 6.39. The largest absolute Gasteiger partial charge is 0.489 e. The summed E-state index contributed by atoms with van der Waals surface area (Å²) in [6, 6.07) is 6.93. The van der Waals surface area contributed by atoms with E-state index in [4.69, 9.17) is 4.74 Å². The molecule has 0 aromatic heterocycles. The lowest BCUT2D eigenvalue weighted by molar-refractivity contribution is 0.0492. The number of hydrogen-bond donors (Lipinski definition) is 1. The molecule has 0 aliphatic heterocycles. The van der Waals surface area contributed by atoms with Crippen molar-refractivity contribution in [2.24, 2.45) is 11.3 Å². The van der Waals surface area contributed by atoms with E-state index in [0.717, 1.165) is 18.1 Å². The lowest BCUT2D eigenvalue weighted by Gasteiger charge is -2.41. The summed E-state index contributed by atoms with van der Waals surface area (Å²) in [6.45, 7) is 11.3. The molecule has 1 saturated carbocycles. The number of rotatable bonds is 3. The van der Waals surface area contributed by atoms with Gasteiger partial charge in [-0.15, -0.1) is 0 Å². The second-order valence-corrected chi connectivity index (χ2v) is 7.70. The number of benzene rings is 1. The minimum atomic E-state index is 0.273. The van der Waals surface area contributed by atoms with Gasteiger partial charge < -0.3 is 10.1 Å². The maximum atomic E-state index is 6.41. The van der Waals surface area contributed by atoms with Crippen LogP contribution in [0.15, 0.2) is 18.2 Å². The average Bonchev–Trinajstić information content (AvgIpc) is 2.41. The van der Waals surface area contributed by atoms with Gasteiger partial charge in [0.25, 0.3) is 0 Å². The molecule has 0 amide bonds. The van der Waals surface area contributed by atoms with E-state index in [1.165, 1.54) is 24.0 Å². The molecule has 1 aliphatic carbocycles. The predicted octanol–water partition coefficient (Wildman–Crippen LogP) is 4.49. The molecule has 1 aromatic carbocycles. The first-order valence-electron chi connectivity index (χ1n) is 8.22. The van der Waals surface area contributed by atoms with E-state index >= 15 is 0 Å². The van der Waals surface area contributed by atoms with Crippen LogP contribution in [0.2, 0.25) is 0 Å². The Labute approximate surface area is 130 Å². The lowest BCUT2D eigenvalue weighted by Crippen LogP contribution is -2.47. The third-order valence-corrected chi connectivity index (χ3v) is 5.00. The summed E-state index contributed by atoms with van der Waals surface area (Å²) >= 11 is 0. The molecule has 2 nitrogen and oxygen atoms in total. The number of ether oxygens (including phenoxy) is 1. The molecule has 1 N–H and O–H groups in total. The van der Waals surface area contributed by atoms with Crippen molar-refractivity contribution in [2.45, 2.75) is 66.0 Å². The lowest BCUT2D eigenvalue weighted by atomic mass is 9.70. The van der Waals surface area contributed by atoms with E-state index in [-0.39, 0.29) is 6.10 Å². The predicted molar refractivity (Wildman–Crippen MR) is 90.0 cm³/mol. The van der Waals surface area contributed by atoms with Gasteiger partial charge >= 0.3 is 0 Å². The molecule has 0 saturated heterocycles. The minimum Gasteiger partial charge on any atom is -0.489 e. The fourth-order valence-corrected chi connectivity index (χ4v) is 3.47. The Hall–Kier alpha value is -1.02. The van der Waals surface area contributed by atoms with Gasteiger partial charge in [0.05, 0.1) is 0 Å². The highest BCUT2D eigenvalue weighted by Crippen LogP contribution is 2.39. The summed E-state index contributed by atoms with van der Waals surface area (Å²) in [5, 5.41) is 3.45. The molecule has 1 fully saturated rings. The SMILES string of the molecule is CNC1CCC(C(C)(C)C)CC1Oc1ccc(C)cc1C. The zero-order valence-corrected chi connectivity index (χ0v) is 14.5. The zero-order chi connectivity index (χ0) is 15.6. The Kier molecular flexibility index (Phi) is 4.98. The van der Waals surface area contributed by atoms with E-state index in [1.54, 1.807) is 0 Å². The van der Waals surface area contributed by atoms with Gasteiger partial charge in [0.2, 0.25) is 0 Å². The smallest absolute Gasteiger partial charge is 0.122 e. The number of nitrogens with one attached hydrogen (secondary N) is 1. The van der Waals surface area contributed by atoms with Crippen molar-refractivity contribution in [1.82, 2.24) is 5.32 Å². The molecule has 2 rings (SSSR count). The maximum absolute atomic E-state index is 6.41. The average molecular weight is 289 g/mol. The molecule has 2 heteroatoms. The van der Waals surface area contributed by atoms with Crippen LogP contribution in [-0.4, -0.2) is 19.2 Å². The molecule has 21 heavy (non-hydrogen) atoms. The number of likely N-dealkylation sites (N-methyl/N-ethyl adjacent to an activating group) is 1. The first-order chi connectivity index (χ1) is 9.81. The third-order valence-electron chi connectivity index (χ3n) is 5.00. The van der Waals surface area contributed by atoms with Crippen molar-refractivity contribution in [1.29, 1.82) is 0 Å². The summed E-state index contributed by atoms with van der Waals surface area (Å²) in [5.74, 6) is 1.78. The molecule has 118 valence electrons. The van der Waals surface area contributed by atoms with E-state index in [2.05, 4.69) is 65.2 Å². The van der Waals surface area contributed by atoms with Gasteiger partial charge in [-0.25, -0.2) is 0 Å². The third kappa shape index (κ3) is 4.00. The molecule has 3 atom stereocenters. The molecule has 0 heterocycles. The van der Waals surface area contributed by atoms with E-state index < -0.39 is 0 Å². The van der Waals surface area contributed by atoms with E-state index in [0.29, 0.717) is 11.5 Å². The van der Waals surface area contributed by atoms with Crippen LogP contribution < -0.4 is 10.1 Å². The molecule has 3 unspecified atom stereocenters. The molecule has 1 aromatic rings. The Morgan fingerprint density at radius 2 is 1.86 bits per heavy atom. The van der Waals surface area contributed by atoms with Gasteiger partial charge in [0.15, 0.2) is 0 Å². The Morgan fingerprint density at radius 3 is 2.43 bits per heavy atom. The van der Waals surface area contributed by atoms with Gasteiger partial charge in [0, 0.05) is 6.04 Å². The Bertz CT molecular complexity index is 475. The molecular weight excluding hydrogens is 258 g/mol. The first-order valence-corrected chi connectivity index (χ1v) is 8.22. The fraction of sp³-hybridized carbons (Fsp3) is 0.684. The van der Waals surface area contributed by atoms with E-state index in [1.807, 2.05) is 0 Å². The van der Waals surface area contributed by atoms with Crippen LogP contribution in [0.25, 0.3) is 0 Å². The van der Waals surface area contributed by atoms with Crippen LogP contribution in [0.4, 0.5) is 0 Å². The van der Waals surface area contributed by atoms with Crippen LogP contribution in [0.1, 0.15) is 51.2 Å². The minimum absolute atomic E-state index is 0.273. The number of aryl methyl sites for hydroxylation is 2. The summed E-state index contributed by atoms with van der Waals surface area (Å²) < 4.78 is 6.41. The van der Waals surface area contributed by atoms with E-state index in [9.17, 15) is 0 Å².